The summed E-state index contributed by atoms with van der Waals surface area (Å²) in [4.78, 5) is 16.6. The van der Waals surface area contributed by atoms with Crippen molar-refractivity contribution in [2.24, 2.45) is 0 Å². The average molecular weight is 293 g/mol. The summed E-state index contributed by atoms with van der Waals surface area (Å²) < 4.78 is 2.88. The maximum Gasteiger partial charge on any atom is 0.171 e. The maximum absolute atomic E-state index is 12.6. The van der Waals surface area contributed by atoms with Gasteiger partial charge in [-0.1, -0.05) is 18.2 Å². The van der Waals surface area contributed by atoms with Crippen LogP contribution in [0.25, 0.3) is 15.6 Å². The first-order valence-corrected chi connectivity index (χ1v) is 7.46. The number of fused-ring (bicyclic) bond motifs is 2. The number of Topliss-reactive ketones (excluding diaryl/α,β-unsaturated/α-hetero) is 1. The number of hydrogen-bond donors (Lipinski definition) is 0. The Labute approximate surface area is 124 Å². The van der Waals surface area contributed by atoms with Crippen LogP contribution >= 0.6 is 11.3 Å². The molecule has 0 aliphatic heterocycles. The fraction of sp³-hybridized carbons (Fsp3) is 0.0625. The Morgan fingerprint density at radius 3 is 3.10 bits per heavy atom. The summed E-state index contributed by atoms with van der Waals surface area (Å²) in [7, 11) is 0. The van der Waals surface area contributed by atoms with E-state index in [1.807, 2.05) is 12.1 Å². The zero-order valence-electron chi connectivity index (χ0n) is 11.1. The molecular weight excluding hydrogens is 282 g/mol. The Kier molecular flexibility index (Phi) is 2.79. The normalized spacial score (nSPS) is 11.2. The monoisotopic (exact) mass is 293 g/mol. The van der Waals surface area contributed by atoms with Crippen LogP contribution in [0.15, 0.2) is 54.4 Å². The van der Waals surface area contributed by atoms with Crippen molar-refractivity contribution in [3.05, 3.63) is 65.6 Å². The van der Waals surface area contributed by atoms with Gasteiger partial charge in [0.25, 0.3) is 0 Å². The summed E-state index contributed by atoms with van der Waals surface area (Å²) in [5, 5.41) is 7.41. The van der Waals surface area contributed by atoms with Crippen LogP contribution < -0.4 is 0 Å². The van der Waals surface area contributed by atoms with Crippen molar-refractivity contribution < 1.29 is 4.79 Å². The number of nitrogens with zero attached hydrogens (tertiary/aromatic N) is 3. The van der Waals surface area contributed by atoms with E-state index < -0.39 is 0 Å². The number of carbonyl (C=O) groups excluding carboxylic acids is 1. The second-order valence-electron chi connectivity index (χ2n) is 4.82. The molecule has 0 spiro atoms. The minimum Gasteiger partial charge on any atom is -0.294 e. The van der Waals surface area contributed by atoms with Gasteiger partial charge in [-0.2, -0.15) is 5.10 Å². The van der Waals surface area contributed by atoms with E-state index >= 15 is 0 Å². The van der Waals surface area contributed by atoms with Crippen LogP contribution in [0, 0.1) is 0 Å². The topological polar surface area (TPSA) is 47.3 Å². The fourth-order valence-electron chi connectivity index (χ4n) is 2.49. The highest BCUT2D eigenvalue weighted by atomic mass is 32.1. The summed E-state index contributed by atoms with van der Waals surface area (Å²) in [6.07, 6.45) is 7.08. The Morgan fingerprint density at radius 1 is 1.24 bits per heavy atom. The van der Waals surface area contributed by atoms with Crippen LogP contribution in [0.3, 0.4) is 0 Å². The SMILES string of the molecule is O=C(Cc1csc2ccccc12)c1cnn2ccncc12. The first-order chi connectivity index (χ1) is 10.3. The molecule has 0 N–H and O–H groups in total. The molecule has 3 aromatic heterocycles. The van der Waals surface area contributed by atoms with Crippen molar-refractivity contribution >= 4 is 32.7 Å². The highest BCUT2D eigenvalue weighted by Crippen LogP contribution is 2.27. The van der Waals surface area contributed by atoms with Crippen LogP contribution in [-0.2, 0) is 6.42 Å². The summed E-state index contributed by atoms with van der Waals surface area (Å²) in [6.45, 7) is 0. The van der Waals surface area contributed by atoms with Gasteiger partial charge in [0.2, 0.25) is 0 Å². The largest absolute Gasteiger partial charge is 0.294 e. The summed E-state index contributed by atoms with van der Waals surface area (Å²) in [5.41, 5.74) is 2.45. The van der Waals surface area contributed by atoms with E-state index in [9.17, 15) is 4.79 Å². The van der Waals surface area contributed by atoms with Gasteiger partial charge in [0, 0.05) is 23.5 Å². The van der Waals surface area contributed by atoms with Crippen molar-refractivity contribution in [1.82, 2.24) is 14.6 Å². The van der Waals surface area contributed by atoms with Gasteiger partial charge in [0.1, 0.15) is 0 Å². The smallest absolute Gasteiger partial charge is 0.171 e. The second-order valence-corrected chi connectivity index (χ2v) is 5.73. The molecule has 0 radical (unpaired) electrons. The van der Waals surface area contributed by atoms with E-state index in [0.717, 1.165) is 16.5 Å². The molecule has 4 rings (SSSR count). The van der Waals surface area contributed by atoms with Crippen LogP contribution in [0.4, 0.5) is 0 Å². The van der Waals surface area contributed by atoms with Crippen molar-refractivity contribution in [3.8, 4) is 0 Å². The van der Waals surface area contributed by atoms with E-state index in [0.29, 0.717) is 12.0 Å². The molecule has 21 heavy (non-hydrogen) atoms. The molecule has 0 aliphatic carbocycles. The maximum atomic E-state index is 12.6. The molecule has 0 saturated heterocycles. The Bertz CT molecular complexity index is 954. The molecule has 3 heterocycles. The lowest BCUT2D eigenvalue weighted by atomic mass is 10.0. The lowest BCUT2D eigenvalue weighted by Crippen LogP contribution is -2.02. The predicted octanol–water partition coefficient (Wildman–Crippen LogP) is 3.37. The summed E-state index contributed by atoms with van der Waals surface area (Å²) >= 11 is 1.67. The van der Waals surface area contributed by atoms with E-state index in [1.54, 1.807) is 40.6 Å². The number of rotatable bonds is 3. The average Bonchev–Trinajstić information content (AvgIpc) is 3.12. The Balaban J connectivity index is 1.72. The van der Waals surface area contributed by atoms with E-state index in [2.05, 4.69) is 27.6 Å². The zero-order chi connectivity index (χ0) is 14.2. The minimum absolute atomic E-state index is 0.0709. The third kappa shape index (κ3) is 2.02. The van der Waals surface area contributed by atoms with Gasteiger partial charge in [0.15, 0.2) is 5.78 Å². The minimum atomic E-state index is 0.0709. The first-order valence-electron chi connectivity index (χ1n) is 6.58. The second kappa shape index (κ2) is 4.79. The quantitative estimate of drug-likeness (QED) is 0.544. The standard InChI is InChI=1S/C16H11N3OS/c20-15(13-8-18-19-6-5-17-9-14(13)19)7-11-10-21-16-4-2-1-3-12(11)16/h1-6,8-10H,7H2. The molecule has 0 atom stereocenters. The van der Waals surface area contributed by atoms with Crippen LogP contribution in [-0.4, -0.2) is 20.4 Å². The molecule has 0 unspecified atom stereocenters. The van der Waals surface area contributed by atoms with E-state index in [4.69, 9.17) is 0 Å². The van der Waals surface area contributed by atoms with Crippen LogP contribution in [0.1, 0.15) is 15.9 Å². The Morgan fingerprint density at radius 2 is 2.14 bits per heavy atom. The van der Waals surface area contributed by atoms with Crippen LogP contribution in [0.2, 0.25) is 0 Å². The summed E-state index contributed by atoms with van der Waals surface area (Å²) in [5.74, 6) is 0.0709. The molecule has 4 aromatic rings. The van der Waals surface area contributed by atoms with Crippen LogP contribution in [0.5, 0.6) is 0 Å². The van der Waals surface area contributed by atoms with Gasteiger partial charge in [-0.15, -0.1) is 11.3 Å². The highest BCUT2D eigenvalue weighted by molar-refractivity contribution is 7.17. The third-order valence-corrected chi connectivity index (χ3v) is 4.55. The molecule has 102 valence electrons. The van der Waals surface area contributed by atoms with Gasteiger partial charge in [-0.25, -0.2) is 4.52 Å². The number of ketones is 1. The molecule has 5 heteroatoms. The molecule has 0 bridgehead atoms. The third-order valence-electron chi connectivity index (χ3n) is 3.54. The fourth-order valence-corrected chi connectivity index (χ4v) is 3.45. The van der Waals surface area contributed by atoms with E-state index in [-0.39, 0.29) is 5.78 Å². The first kappa shape index (κ1) is 12.2. The number of hydrogen-bond acceptors (Lipinski definition) is 4. The van der Waals surface area contributed by atoms with Crippen molar-refractivity contribution in [2.45, 2.75) is 6.42 Å². The van der Waals surface area contributed by atoms with Gasteiger partial charge in [-0.05, 0) is 22.4 Å². The van der Waals surface area contributed by atoms with Gasteiger partial charge in [0.05, 0.1) is 23.5 Å². The highest BCUT2D eigenvalue weighted by Gasteiger charge is 2.15. The lowest BCUT2D eigenvalue weighted by molar-refractivity contribution is 0.0995. The van der Waals surface area contributed by atoms with Crippen molar-refractivity contribution in [3.63, 3.8) is 0 Å². The molecule has 4 nitrogen and oxygen atoms in total. The van der Waals surface area contributed by atoms with Gasteiger partial charge in [-0.3, -0.25) is 9.78 Å². The van der Waals surface area contributed by atoms with Gasteiger partial charge < -0.3 is 0 Å². The van der Waals surface area contributed by atoms with E-state index in [1.165, 1.54) is 4.70 Å². The molecule has 0 amide bonds. The number of thiophene rings is 1. The Hall–Kier alpha value is -2.53. The lowest BCUT2D eigenvalue weighted by Gasteiger charge is -1.99. The van der Waals surface area contributed by atoms with Crippen molar-refractivity contribution in [1.29, 1.82) is 0 Å². The number of benzene rings is 1. The predicted molar refractivity (Wildman–Crippen MR) is 82.8 cm³/mol. The molecule has 1 aromatic carbocycles. The molecule has 0 saturated carbocycles. The molecule has 0 aliphatic rings. The number of carbonyl (C=O) groups is 1. The molecule has 0 fully saturated rings. The summed E-state index contributed by atoms with van der Waals surface area (Å²) in [6, 6.07) is 8.16. The molecular formula is C16H11N3OS. The zero-order valence-corrected chi connectivity index (χ0v) is 11.9. The van der Waals surface area contributed by atoms with Gasteiger partial charge >= 0.3 is 0 Å². The van der Waals surface area contributed by atoms with Crippen molar-refractivity contribution in [2.75, 3.05) is 0 Å². The number of aromatic nitrogens is 3.